The number of ether oxygens (including phenoxy) is 3. The lowest BCUT2D eigenvalue weighted by atomic mass is 9.84. The first kappa shape index (κ1) is 17.4. The highest BCUT2D eigenvalue weighted by Gasteiger charge is 2.51. The van der Waals surface area contributed by atoms with Crippen LogP contribution in [0, 0.1) is 6.92 Å². The largest absolute Gasteiger partial charge is 0.480 e. The summed E-state index contributed by atoms with van der Waals surface area (Å²) in [6.07, 6.45) is 5.14. The first-order valence-corrected chi connectivity index (χ1v) is 9.73. The van der Waals surface area contributed by atoms with Crippen LogP contribution in [0.15, 0.2) is 36.7 Å². The van der Waals surface area contributed by atoms with E-state index in [0.29, 0.717) is 32.0 Å². The highest BCUT2D eigenvalue weighted by atomic mass is 16.5. The van der Waals surface area contributed by atoms with Crippen molar-refractivity contribution in [3.05, 3.63) is 47.9 Å². The van der Waals surface area contributed by atoms with Crippen molar-refractivity contribution in [3.63, 3.8) is 0 Å². The van der Waals surface area contributed by atoms with Crippen molar-refractivity contribution in [2.45, 2.75) is 44.0 Å². The molecular formula is C21H23N3O4. The van der Waals surface area contributed by atoms with Gasteiger partial charge in [0.15, 0.2) is 6.10 Å². The first-order chi connectivity index (χ1) is 13.6. The molecular weight excluding hydrogens is 358 g/mol. The van der Waals surface area contributed by atoms with E-state index in [1.807, 2.05) is 36.1 Å². The Kier molecular flexibility index (Phi) is 4.19. The molecule has 2 fully saturated rings. The molecule has 2 saturated heterocycles. The van der Waals surface area contributed by atoms with Gasteiger partial charge in [-0.3, -0.25) is 9.78 Å². The molecule has 0 aliphatic carbocycles. The Labute approximate surface area is 163 Å². The number of nitrogens with zero attached hydrogens (tertiary/aromatic N) is 3. The number of amides is 1. The van der Waals surface area contributed by atoms with Gasteiger partial charge < -0.3 is 19.1 Å². The standard InChI is InChI=1S/C21H23N3O4/c1-14-10-22-11-19(23-14)27-16-6-7-26-21(9-16)12-24(13-21)20(25)18-8-15-4-2-3-5-17(15)28-18/h2-5,10-11,16,18H,6-9,12-13H2,1H3/t16-,18-/m0/s1. The van der Waals surface area contributed by atoms with Gasteiger partial charge in [-0.2, -0.15) is 0 Å². The fourth-order valence-electron chi connectivity index (χ4n) is 4.30. The fraction of sp³-hybridized carbons (Fsp3) is 0.476. The van der Waals surface area contributed by atoms with Gasteiger partial charge in [-0.25, -0.2) is 4.98 Å². The van der Waals surface area contributed by atoms with E-state index in [9.17, 15) is 4.79 Å². The van der Waals surface area contributed by atoms with E-state index in [4.69, 9.17) is 14.2 Å². The highest BCUT2D eigenvalue weighted by molar-refractivity contribution is 5.83. The van der Waals surface area contributed by atoms with Gasteiger partial charge in [-0.05, 0) is 18.6 Å². The number of carbonyl (C=O) groups excluding carboxylic acids is 1. The third-order valence-electron chi connectivity index (χ3n) is 5.66. The summed E-state index contributed by atoms with van der Waals surface area (Å²) in [6.45, 7) is 3.68. The first-order valence-electron chi connectivity index (χ1n) is 9.73. The van der Waals surface area contributed by atoms with E-state index in [1.54, 1.807) is 12.4 Å². The minimum Gasteiger partial charge on any atom is -0.480 e. The molecule has 0 saturated carbocycles. The second kappa shape index (κ2) is 6.74. The molecule has 1 aromatic carbocycles. The number of hydrogen-bond acceptors (Lipinski definition) is 6. The molecule has 4 heterocycles. The number of likely N-dealkylation sites (tertiary alicyclic amines) is 1. The summed E-state index contributed by atoms with van der Waals surface area (Å²) in [5, 5.41) is 0. The smallest absolute Gasteiger partial charge is 0.264 e. The number of hydrogen-bond donors (Lipinski definition) is 0. The number of para-hydroxylation sites is 1. The Morgan fingerprint density at radius 2 is 2.14 bits per heavy atom. The van der Waals surface area contributed by atoms with Crippen molar-refractivity contribution in [2.24, 2.45) is 0 Å². The van der Waals surface area contributed by atoms with Gasteiger partial charge >= 0.3 is 0 Å². The van der Waals surface area contributed by atoms with Crippen LogP contribution in [-0.2, 0) is 16.0 Å². The predicted octanol–water partition coefficient (Wildman–Crippen LogP) is 1.93. The molecule has 0 N–H and O–H groups in total. The Morgan fingerprint density at radius 3 is 2.96 bits per heavy atom. The third kappa shape index (κ3) is 3.20. The van der Waals surface area contributed by atoms with Crippen LogP contribution in [0.25, 0.3) is 0 Å². The summed E-state index contributed by atoms with van der Waals surface area (Å²) >= 11 is 0. The molecule has 7 heteroatoms. The second-order valence-electron chi connectivity index (χ2n) is 7.88. The summed E-state index contributed by atoms with van der Waals surface area (Å²) in [4.78, 5) is 23.2. The van der Waals surface area contributed by atoms with E-state index >= 15 is 0 Å². The van der Waals surface area contributed by atoms with Crippen molar-refractivity contribution in [1.82, 2.24) is 14.9 Å². The number of rotatable bonds is 3. The summed E-state index contributed by atoms with van der Waals surface area (Å²) in [5.41, 5.74) is 1.61. The van der Waals surface area contributed by atoms with Crippen molar-refractivity contribution in [2.75, 3.05) is 19.7 Å². The van der Waals surface area contributed by atoms with Gasteiger partial charge in [0.05, 0.1) is 31.6 Å². The predicted molar refractivity (Wildman–Crippen MR) is 100 cm³/mol. The number of fused-ring (bicyclic) bond motifs is 1. The van der Waals surface area contributed by atoms with Crippen LogP contribution >= 0.6 is 0 Å². The van der Waals surface area contributed by atoms with Crippen LogP contribution in [0.3, 0.4) is 0 Å². The molecule has 2 atom stereocenters. The summed E-state index contributed by atoms with van der Waals surface area (Å²) in [5.74, 6) is 1.40. The average Bonchev–Trinajstić information content (AvgIpc) is 3.10. The Morgan fingerprint density at radius 1 is 1.29 bits per heavy atom. The van der Waals surface area contributed by atoms with Gasteiger partial charge in [-0.15, -0.1) is 0 Å². The van der Waals surface area contributed by atoms with E-state index in [1.165, 1.54) is 0 Å². The Balaban J connectivity index is 1.18. The maximum absolute atomic E-state index is 12.8. The second-order valence-corrected chi connectivity index (χ2v) is 7.88. The topological polar surface area (TPSA) is 73.8 Å². The number of benzene rings is 1. The molecule has 28 heavy (non-hydrogen) atoms. The van der Waals surface area contributed by atoms with E-state index in [-0.39, 0.29) is 17.6 Å². The van der Waals surface area contributed by atoms with Crippen molar-refractivity contribution >= 4 is 5.91 Å². The molecule has 7 nitrogen and oxygen atoms in total. The lowest BCUT2D eigenvalue weighted by Gasteiger charge is -2.53. The van der Waals surface area contributed by atoms with Gasteiger partial charge in [0.25, 0.3) is 5.91 Å². The number of aromatic nitrogens is 2. The van der Waals surface area contributed by atoms with Crippen LogP contribution in [-0.4, -0.2) is 58.3 Å². The molecule has 0 unspecified atom stereocenters. The normalized spacial score (nSPS) is 25.0. The molecule has 3 aliphatic heterocycles. The van der Waals surface area contributed by atoms with E-state index < -0.39 is 6.10 Å². The maximum Gasteiger partial charge on any atom is 0.264 e. The molecule has 3 aliphatic rings. The summed E-state index contributed by atoms with van der Waals surface area (Å²) in [7, 11) is 0. The summed E-state index contributed by atoms with van der Waals surface area (Å²) in [6, 6.07) is 7.84. The lowest BCUT2D eigenvalue weighted by Crippen LogP contribution is -2.69. The molecule has 146 valence electrons. The minimum atomic E-state index is -0.423. The van der Waals surface area contributed by atoms with Crippen LogP contribution in [0.5, 0.6) is 11.6 Å². The zero-order chi connectivity index (χ0) is 19.1. The van der Waals surface area contributed by atoms with Crippen LogP contribution in [0.4, 0.5) is 0 Å². The zero-order valence-electron chi connectivity index (χ0n) is 15.8. The molecule has 2 aromatic rings. The quantitative estimate of drug-likeness (QED) is 0.809. The van der Waals surface area contributed by atoms with Crippen molar-refractivity contribution in [1.29, 1.82) is 0 Å². The number of carbonyl (C=O) groups is 1. The third-order valence-corrected chi connectivity index (χ3v) is 5.66. The minimum absolute atomic E-state index is 0.0223. The van der Waals surface area contributed by atoms with Crippen LogP contribution in [0.1, 0.15) is 24.1 Å². The number of aryl methyl sites for hydroxylation is 1. The Hall–Kier alpha value is -2.67. The SMILES string of the molecule is Cc1cncc(O[C@H]2CCOC3(C2)CN(C(=O)[C@@H]2Cc4ccccc4O2)C3)n1. The molecule has 1 aromatic heterocycles. The zero-order valence-corrected chi connectivity index (χ0v) is 15.8. The van der Waals surface area contributed by atoms with Crippen LogP contribution < -0.4 is 9.47 Å². The van der Waals surface area contributed by atoms with Gasteiger partial charge in [0.1, 0.15) is 17.5 Å². The molecule has 0 radical (unpaired) electrons. The maximum atomic E-state index is 12.8. The average molecular weight is 381 g/mol. The van der Waals surface area contributed by atoms with Crippen LogP contribution in [0.2, 0.25) is 0 Å². The Bertz CT molecular complexity index is 872. The lowest BCUT2D eigenvalue weighted by molar-refractivity contribution is -0.196. The fourth-order valence-corrected chi connectivity index (χ4v) is 4.30. The summed E-state index contributed by atoms with van der Waals surface area (Å²) < 4.78 is 17.9. The van der Waals surface area contributed by atoms with Crippen molar-refractivity contribution in [3.8, 4) is 11.6 Å². The molecule has 1 amide bonds. The molecule has 0 bridgehead atoms. The van der Waals surface area contributed by atoms with Gasteiger partial charge in [0.2, 0.25) is 5.88 Å². The van der Waals surface area contributed by atoms with E-state index in [0.717, 1.165) is 29.8 Å². The highest BCUT2D eigenvalue weighted by Crippen LogP contribution is 2.37. The molecule has 5 rings (SSSR count). The monoisotopic (exact) mass is 381 g/mol. The van der Waals surface area contributed by atoms with Gasteiger partial charge in [0, 0.05) is 25.5 Å². The molecule has 1 spiro atoms. The van der Waals surface area contributed by atoms with Gasteiger partial charge in [-0.1, -0.05) is 18.2 Å². The van der Waals surface area contributed by atoms with Crippen molar-refractivity contribution < 1.29 is 19.0 Å². The van der Waals surface area contributed by atoms with E-state index in [2.05, 4.69) is 9.97 Å².